The molecule has 2 saturated heterocycles. The van der Waals surface area contributed by atoms with Crippen molar-refractivity contribution in [2.45, 2.75) is 39.2 Å². The molecule has 1 aromatic heterocycles. The summed E-state index contributed by atoms with van der Waals surface area (Å²) in [4.78, 5) is 18.4. The molecule has 0 aliphatic carbocycles. The lowest BCUT2D eigenvalue weighted by Crippen LogP contribution is -2.46. The van der Waals surface area contributed by atoms with Gasteiger partial charge in [-0.05, 0) is 77.7 Å². The fourth-order valence-electron chi connectivity index (χ4n) is 7.22. The topological polar surface area (TPSA) is 154 Å². The number of carbonyl (C=O) groups excluding carboxylic acids is 1. The van der Waals surface area contributed by atoms with Crippen molar-refractivity contribution in [2.24, 2.45) is 0 Å². The number of anilines is 2. The van der Waals surface area contributed by atoms with Crippen molar-refractivity contribution >= 4 is 60.6 Å². The fourth-order valence-corrected chi connectivity index (χ4v) is 10.4. The number of carbonyl (C=O) groups is 1. The van der Waals surface area contributed by atoms with Crippen LogP contribution in [0.2, 0.25) is 5.02 Å². The van der Waals surface area contributed by atoms with Crippen molar-refractivity contribution in [1.29, 1.82) is 0 Å². The van der Waals surface area contributed by atoms with E-state index in [1.54, 1.807) is 4.72 Å². The van der Waals surface area contributed by atoms with Crippen LogP contribution < -0.4 is 14.9 Å². The van der Waals surface area contributed by atoms with Crippen LogP contribution >= 0.6 is 23.4 Å². The van der Waals surface area contributed by atoms with Crippen LogP contribution in [0.5, 0.6) is 0 Å². The van der Waals surface area contributed by atoms with Gasteiger partial charge in [-0.25, -0.2) is 21.6 Å². The van der Waals surface area contributed by atoms with Gasteiger partial charge in [-0.15, -0.1) is 22.0 Å². The SMILES string of the molecule is O=C(NS(=O)(=O)c1ccc(N[C@H](CCN2CCOCC2)CSc2ccccc2)c(S(=O)(=O)C(F)(F)F)c1)c1ccc(N2CCN(Cc3ccccc3-c3ccc(Cl)cc3)CC2)nn1. The Morgan fingerprint density at radius 1 is 0.810 bits per heavy atom. The average molecular weight is 945 g/mol. The fraction of sp³-hybridized carbons (Fsp3) is 0.326. The molecule has 3 heterocycles. The number of hydrogen-bond donors (Lipinski definition) is 2. The zero-order chi connectivity index (χ0) is 44.6. The number of nitrogens with one attached hydrogen (secondary N) is 2. The number of morpholine rings is 1. The number of piperazine rings is 1. The molecule has 2 aliphatic heterocycles. The number of aromatic nitrogens is 2. The van der Waals surface area contributed by atoms with E-state index in [1.165, 1.54) is 29.5 Å². The smallest absolute Gasteiger partial charge is 0.380 e. The van der Waals surface area contributed by atoms with Crippen LogP contribution in [0.25, 0.3) is 11.1 Å². The normalized spacial score (nSPS) is 16.1. The molecular weight excluding hydrogens is 899 g/mol. The van der Waals surface area contributed by atoms with Crippen LogP contribution in [0.1, 0.15) is 22.5 Å². The minimum absolute atomic E-state index is 0.354. The third-order valence-electron chi connectivity index (χ3n) is 10.7. The number of halogens is 4. The Morgan fingerprint density at radius 2 is 1.51 bits per heavy atom. The van der Waals surface area contributed by atoms with Crippen LogP contribution in [-0.2, 0) is 31.1 Å². The second-order valence-electron chi connectivity index (χ2n) is 15.0. The van der Waals surface area contributed by atoms with Gasteiger partial charge in [0.2, 0.25) is 0 Å². The van der Waals surface area contributed by atoms with Gasteiger partial charge in [-0.1, -0.05) is 66.2 Å². The van der Waals surface area contributed by atoms with E-state index in [2.05, 4.69) is 37.4 Å². The summed E-state index contributed by atoms with van der Waals surface area (Å²) in [7, 11) is -11.0. The van der Waals surface area contributed by atoms with Crippen LogP contribution in [-0.4, -0.2) is 119 Å². The summed E-state index contributed by atoms with van der Waals surface area (Å²) in [6, 6.07) is 29.8. The van der Waals surface area contributed by atoms with Gasteiger partial charge in [0.25, 0.3) is 25.8 Å². The Morgan fingerprint density at radius 3 is 2.19 bits per heavy atom. The lowest BCUT2D eigenvalue weighted by atomic mass is 9.99. The lowest BCUT2D eigenvalue weighted by molar-refractivity contribution is -0.0435. The van der Waals surface area contributed by atoms with Crippen molar-refractivity contribution in [3.8, 4) is 11.1 Å². The van der Waals surface area contributed by atoms with Gasteiger partial charge >= 0.3 is 5.51 Å². The highest BCUT2D eigenvalue weighted by atomic mass is 35.5. The van der Waals surface area contributed by atoms with Crippen molar-refractivity contribution in [3.05, 3.63) is 125 Å². The predicted octanol–water partition coefficient (Wildman–Crippen LogP) is 6.83. The molecule has 4 aromatic carbocycles. The molecule has 2 N–H and O–H groups in total. The molecule has 1 amide bonds. The number of sulfone groups is 1. The summed E-state index contributed by atoms with van der Waals surface area (Å²) >= 11 is 7.54. The minimum atomic E-state index is -6.08. The lowest BCUT2D eigenvalue weighted by Gasteiger charge is -2.35. The maximum absolute atomic E-state index is 14.1. The second kappa shape index (κ2) is 20.4. The Hall–Kier alpha value is -4.76. The molecule has 20 heteroatoms. The molecule has 0 radical (unpaired) electrons. The number of amides is 1. The number of hydrogen-bond acceptors (Lipinski definition) is 13. The molecule has 63 heavy (non-hydrogen) atoms. The van der Waals surface area contributed by atoms with Gasteiger partial charge in [0, 0.05) is 74.1 Å². The van der Waals surface area contributed by atoms with Crippen LogP contribution in [0, 0.1) is 0 Å². The predicted molar refractivity (Wildman–Crippen MR) is 237 cm³/mol. The van der Waals surface area contributed by atoms with Gasteiger partial charge in [-0.2, -0.15) is 13.2 Å². The third kappa shape index (κ3) is 11.9. The van der Waals surface area contributed by atoms with Gasteiger partial charge in [0.05, 0.1) is 23.8 Å². The van der Waals surface area contributed by atoms with E-state index in [4.69, 9.17) is 16.3 Å². The number of thioether (sulfide) groups is 1. The molecule has 0 saturated carbocycles. The Balaban J connectivity index is 1.02. The Labute approximate surface area is 373 Å². The largest absolute Gasteiger partial charge is 0.501 e. The summed E-state index contributed by atoms with van der Waals surface area (Å²) in [5.41, 5.74) is -3.21. The van der Waals surface area contributed by atoms with Crippen molar-refractivity contribution < 1.29 is 39.5 Å². The highest BCUT2D eigenvalue weighted by Crippen LogP contribution is 2.37. The summed E-state index contributed by atoms with van der Waals surface area (Å²) in [6.45, 7) is 6.31. The third-order valence-corrected chi connectivity index (χ3v) is 15.0. The Kier molecular flexibility index (Phi) is 15.0. The number of rotatable bonds is 16. The van der Waals surface area contributed by atoms with E-state index < -0.39 is 52.8 Å². The quantitative estimate of drug-likeness (QED) is 0.0996. The Bertz CT molecular complexity index is 2560. The number of alkyl halides is 3. The standard InChI is InChI=1S/C43H45ClF3N7O6S3/c44-33-12-10-31(11-13-33)37-9-5-4-6-32(37)29-53-20-22-54(23-21-53)41-17-16-39(49-50-41)42(55)51-63(58,59)36-14-15-38(40(28-36)62(56,57)43(45,46)47)48-34(18-19-52-24-26-60-27-25-52)30-61-35-7-2-1-3-8-35/h1-17,28,34,48H,18-27,29-30H2,(H,51,55)/t34-/m1/s1. The van der Waals surface area contributed by atoms with Crippen LogP contribution in [0.15, 0.2) is 124 Å². The number of sulfonamides is 1. The first-order valence-corrected chi connectivity index (χ1v) is 24.4. The first-order valence-electron chi connectivity index (χ1n) is 20.1. The average Bonchev–Trinajstić information content (AvgIpc) is 3.28. The second-order valence-corrected chi connectivity index (χ2v) is 20.1. The molecule has 2 fully saturated rings. The molecule has 0 bridgehead atoms. The van der Waals surface area contributed by atoms with E-state index in [-0.39, 0.29) is 5.69 Å². The molecule has 1 atom stereocenters. The van der Waals surface area contributed by atoms with E-state index in [0.29, 0.717) is 88.1 Å². The van der Waals surface area contributed by atoms with Gasteiger partial charge in [-0.3, -0.25) is 14.6 Å². The summed E-state index contributed by atoms with van der Waals surface area (Å²) in [5.74, 6) is -0.389. The van der Waals surface area contributed by atoms with Gasteiger partial charge in [0.1, 0.15) is 4.90 Å². The van der Waals surface area contributed by atoms with Crippen LogP contribution in [0.3, 0.4) is 0 Å². The van der Waals surface area contributed by atoms with E-state index >= 15 is 0 Å². The summed E-state index contributed by atoms with van der Waals surface area (Å²) in [5, 5.41) is 11.7. The van der Waals surface area contributed by atoms with E-state index in [0.717, 1.165) is 34.7 Å². The van der Waals surface area contributed by atoms with Crippen LogP contribution in [0.4, 0.5) is 24.7 Å². The zero-order valence-electron chi connectivity index (χ0n) is 33.9. The summed E-state index contributed by atoms with van der Waals surface area (Å²) in [6.07, 6.45) is 0.429. The number of ether oxygens (including phenoxy) is 1. The monoisotopic (exact) mass is 943 g/mol. The first kappa shape index (κ1) is 46.2. The number of nitrogens with zero attached hydrogens (tertiary/aromatic N) is 5. The van der Waals surface area contributed by atoms with E-state index in [1.807, 2.05) is 71.6 Å². The van der Waals surface area contributed by atoms with Crippen molar-refractivity contribution in [2.75, 3.05) is 75.0 Å². The van der Waals surface area contributed by atoms with Crippen molar-refractivity contribution in [1.82, 2.24) is 24.7 Å². The zero-order valence-corrected chi connectivity index (χ0v) is 37.1. The first-order chi connectivity index (χ1) is 30.2. The molecule has 5 aromatic rings. The van der Waals surface area contributed by atoms with Gasteiger partial charge < -0.3 is 15.0 Å². The van der Waals surface area contributed by atoms with Gasteiger partial charge in [0.15, 0.2) is 11.5 Å². The molecule has 334 valence electrons. The molecular formula is C43H45ClF3N7O6S3. The van der Waals surface area contributed by atoms with E-state index in [9.17, 15) is 34.8 Å². The highest BCUT2D eigenvalue weighted by molar-refractivity contribution is 7.99. The highest BCUT2D eigenvalue weighted by Gasteiger charge is 2.48. The minimum Gasteiger partial charge on any atom is -0.380 e. The maximum Gasteiger partial charge on any atom is 0.501 e. The van der Waals surface area contributed by atoms with Crippen molar-refractivity contribution in [3.63, 3.8) is 0 Å². The molecule has 0 unspecified atom stereocenters. The molecule has 13 nitrogen and oxygen atoms in total. The molecule has 0 spiro atoms. The molecule has 2 aliphatic rings. The molecule has 7 rings (SSSR count). The summed E-state index contributed by atoms with van der Waals surface area (Å²) < 4.78 is 103. The number of benzene rings is 4. The maximum atomic E-state index is 14.1.